The van der Waals surface area contributed by atoms with Crippen molar-refractivity contribution in [3.8, 4) is 0 Å². The number of aliphatic hydroxyl groups is 1. The first-order valence-electron chi connectivity index (χ1n) is 6.08. The maximum Gasteiger partial charge on any atom is 0.316 e. The molecule has 0 aliphatic rings. The van der Waals surface area contributed by atoms with E-state index >= 15 is 0 Å². The summed E-state index contributed by atoms with van der Waals surface area (Å²) in [6.07, 6.45) is -0.758. The summed E-state index contributed by atoms with van der Waals surface area (Å²) in [5.74, 6) is 0. The highest BCUT2D eigenvalue weighted by molar-refractivity contribution is 6.39. The van der Waals surface area contributed by atoms with Gasteiger partial charge in [0.2, 0.25) is 0 Å². The number of amides is 2. The number of carbonyl (C=O) groups excluding carboxylic acids is 1. The van der Waals surface area contributed by atoms with Crippen LogP contribution in [0, 0.1) is 0 Å². The Kier molecular flexibility index (Phi) is 5.65. The molecule has 1 aromatic carbocycles. The van der Waals surface area contributed by atoms with Crippen LogP contribution in [0.2, 0.25) is 10.0 Å². The minimum Gasteiger partial charge on any atom is -0.387 e. The molecule has 20 heavy (non-hydrogen) atoms. The Morgan fingerprint density at radius 3 is 2.25 bits per heavy atom. The highest BCUT2D eigenvalue weighted by atomic mass is 35.5. The van der Waals surface area contributed by atoms with Crippen molar-refractivity contribution in [1.82, 2.24) is 5.32 Å². The van der Waals surface area contributed by atoms with Crippen LogP contribution in [0.5, 0.6) is 0 Å². The third kappa shape index (κ3) is 5.17. The SMILES string of the molecule is CC(C)(C)NCC(O)c1cc(Cl)c(NC(N)=O)c(Cl)c1. The Bertz CT molecular complexity index is 478. The molecule has 0 radical (unpaired) electrons. The Balaban J connectivity index is 2.90. The molecule has 0 spiro atoms. The molecule has 1 atom stereocenters. The number of β-amino-alcohol motifs (C(OH)–C–C–N with tert-alkyl or cyclic N) is 1. The van der Waals surface area contributed by atoms with Gasteiger partial charge in [-0.3, -0.25) is 0 Å². The zero-order valence-electron chi connectivity index (χ0n) is 11.6. The van der Waals surface area contributed by atoms with Crippen LogP contribution in [0.25, 0.3) is 0 Å². The van der Waals surface area contributed by atoms with Gasteiger partial charge in [-0.15, -0.1) is 0 Å². The molecular weight excluding hydrogens is 301 g/mol. The summed E-state index contributed by atoms with van der Waals surface area (Å²) in [5, 5.41) is 16.1. The molecule has 2 amide bonds. The Hall–Kier alpha value is -1.01. The zero-order chi connectivity index (χ0) is 15.5. The van der Waals surface area contributed by atoms with E-state index in [2.05, 4.69) is 10.6 Å². The van der Waals surface area contributed by atoms with Crippen molar-refractivity contribution >= 4 is 34.9 Å². The number of aliphatic hydroxyl groups excluding tert-OH is 1. The van der Waals surface area contributed by atoms with E-state index < -0.39 is 12.1 Å². The Morgan fingerprint density at radius 1 is 1.35 bits per heavy atom. The monoisotopic (exact) mass is 319 g/mol. The van der Waals surface area contributed by atoms with E-state index in [9.17, 15) is 9.90 Å². The van der Waals surface area contributed by atoms with Crippen LogP contribution in [0.15, 0.2) is 12.1 Å². The quantitative estimate of drug-likeness (QED) is 0.688. The van der Waals surface area contributed by atoms with Crippen molar-refractivity contribution in [3.63, 3.8) is 0 Å². The van der Waals surface area contributed by atoms with Crippen molar-refractivity contribution < 1.29 is 9.90 Å². The second-order valence-corrected chi connectivity index (χ2v) is 6.31. The normalized spacial score (nSPS) is 13.1. The summed E-state index contributed by atoms with van der Waals surface area (Å²) in [4.78, 5) is 10.8. The number of rotatable bonds is 4. The predicted octanol–water partition coefficient (Wildman–Crippen LogP) is 2.91. The fraction of sp³-hybridized carbons (Fsp3) is 0.462. The second-order valence-electron chi connectivity index (χ2n) is 5.50. The molecule has 0 aliphatic heterocycles. The highest BCUT2D eigenvalue weighted by Crippen LogP contribution is 2.33. The fourth-order valence-electron chi connectivity index (χ4n) is 1.55. The van der Waals surface area contributed by atoms with Crippen molar-refractivity contribution in [2.45, 2.75) is 32.4 Å². The van der Waals surface area contributed by atoms with Crippen molar-refractivity contribution in [3.05, 3.63) is 27.7 Å². The summed E-state index contributed by atoms with van der Waals surface area (Å²) >= 11 is 12.1. The third-order valence-electron chi connectivity index (χ3n) is 2.52. The Labute approximate surface area is 128 Å². The topological polar surface area (TPSA) is 87.4 Å². The maximum absolute atomic E-state index is 10.8. The number of nitrogens with two attached hydrogens (primary N) is 1. The van der Waals surface area contributed by atoms with Gasteiger partial charge in [-0.25, -0.2) is 4.79 Å². The van der Waals surface area contributed by atoms with E-state index in [1.54, 1.807) is 12.1 Å². The zero-order valence-corrected chi connectivity index (χ0v) is 13.1. The molecule has 5 N–H and O–H groups in total. The molecule has 0 saturated carbocycles. The van der Waals surface area contributed by atoms with Crippen LogP contribution in [-0.4, -0.2) is 23.2 Å². The van der Waals surface area contributed by atoms with Gasteiger partial charge in [-0.2, -0.15) is 0 Å². The van der Waals surface area contributed by atoms with Gasteiger partial charge in [0.1, 0.15) is 0 Å². The van der Waals surface area contributed by atoms with Crippen molar-refractivity contribution in [2.75, 3.05) is 11.9 Å². The van der Waals surface area contributed by atoms with E-state index in [-0.39, 0.29) is 21.3 Å². The number of benzene rings is 1. The van der Waals surface area contributed by atoms with E-state index in [4.69, 9.17) is 28.9 Å². The molecule has 112 valence electrons. The van der Waals surface area contributed by atoms with Crippen LogP contribution < -0.4 is 16.4 Å². The van der Waals surface area contributed by atoms with E-state index in [0.717, 1.165) is 0 Å². The number of urea groups is 1. The van der Waals surface area contributed by atoms with Gasteiger partial charge in [-0.05, 0) is 38.5 Å². The predicted molar refractivity (Wildman–Crippen MR) is 82.4 cm³/mol. The van der Waals surface area contributed by atoms with Gasteiger partial charge in [0.25, 0.3) is 0 Å². The molecule has 0 bridgehead atoms. The van der Waals surface area contributed by atoms with E-state index in [1.807, 2.05) is 20.8 Å². The largest absolute Gasteiger partial charge is 0.387 e. The van der Waals surface area contributed by atoms with Crippen molar-refractivity contribution in [1.29, 1.82) is 0 Å². The van der Waals surface area contributed by atoms with Gasteiger partial charge in [-0.1, -0.05) is 23.2 Å². The molecule has 5 nitrogen and oxygen atoms in total. The lowest BCUT2D eigenvalue weighted by Crippen LogP contribution is -2.38. The lowest BCUT2D eigenvalue weighted by molar-refractivity contribution is 0.163. The third-order valence-corrected chi connectivity index (χ3v) is 3.12. The number of carbonyl (C=O) groups is 1. The number of anilines is 1. The summed E-state index contributed by atoms with van der Waals surface area (Å²) in [7, 11) is 0. The summed E-state index contributed by atoms with van der Waals surface area (Å²) < 4.78 is 0. The molecule has 1 unspecified atom stereocenters. The van der Waals surface area contributed by atoms with Gasteiger partial charge < -0.3 is 21.5 Å². The number of hydrogen-bond acceptors (Lipinski definition) is 3. The molecule has 0 heterocycles. The number of nitrogens with one attached hydrogen (secondary N) is 2. The van der Waals surface area contributed by atoms with E-state index in [1.165, 1.54) is 0 Å². The second kappa shape index (κ2) is 6.63. The number of halogens is 2. The average Bonchev–Trinajstić information content (AvgIpc) is 2.29. The first-order valence-corrected chi connectivity index (χ1v) is 6.84. The molecule has 0 aromatic heterocycles. The molecule has 0 aliphatic carbocycles. The molecule has 0 saturated heterocycles. The smallest absolute Gasteiger partial charge is 0.316 e. The molecule has 7 heteroatoms. The van der Waals surface area contributed by atoms with Crippen LogP contribution >= 0.6 is 23.2 Å². The summed E-state index contributed by atoms with van der Waals surface area (Å²) in [5.41, 5.74) is 5.72. The minimum atomic E-state index is -0.758. The van der Waals surface area contributed by atoms with Crippen LogP contribution in [0.3, 0.4) is 0 Å². The van der Waals surface area contributed by atoms with Crippen LogP contribution in [-0.2, 0) is 0 Å². The summed E-state index contributed by atoms with van der Waals surface area (Å²) in [6, 6.07) is 2.35. The van der Waals surface area contributed by atoms with Crippen LogP contribution in [0.4, 0.5) is 10.5 Å². The van der Waals surface area contributed by atoms with Gasteiger partial charge in [0, 0.05) is 12.1 Å². The fourth-order valence-corrected chi connectivity index (χ4v) is 2.15. The minimum absolute atomic E-state index is 0.109. The molecule has 1 aromatic rings. The average molecular weight is 320 g/mol. The van der Waals surface area contributed by atoms with Crippen LogP contribution in [0.1, 0.15) is 32.4 Å². The number of hydrogen-bond donors (Lipinski definition) is 4. The van der Waals surface area contributed by atoms with Gasteiger partial charge in [0.15, 0.2) is 0 Å². The maximum atomic E-state index is 10.8. The molecule has 1 rings (SSSR count). The lowest BCUT2D eigenvalue weighted by atomic mass is 10.1. The van der Waals surface area contributed by atoms with Gasteiger partial charge >= 0.3 is 6.03 Å². The van der Waals surface area contributed by atoms with Gasteiger partial charge in [0.05, 0.1) is 21.8 Å². The standard InChI is InChI=1S/C13H19Cl2N3O2/c1-13(2,3)17-6-10(19)7-4-8(14)11(9(15)5-7)18-12(16)20/h4-5,10,17,19H,6H2,1-3H3,(H3,16,18,20). The molecule has 0 fully saturated rings. The van der Waals surface area contributed by atoms with E-state index in [0.29, 0.717) is 12.1 Å². The first kappa shape index (κ1) is 17.0. The van der Waals surface area contributed by atoms with Crippen molar-refractivity contribution in [2.24, 2.45) is 5.73 Å². The lowest BCUT2D eigenvalue weighted by Gasteiger charge is -2.23. The summed E-state index contributed by atoms with van der Waals surface area (Å²) in [6.45, 7) is 6.36. The first-order chi connectivity index (χ1) is 9.10. The highest BCUT2D eigenvalue weighted by Gasteiger charge is 2.17. The Morgan fingerprint density at radius 2 is 1.85 bits per heavy atom. The molecular formula is C13H19Cl2N3O2. The number of primary amides is 1.